The molecule has 1 heterocycles. The van der Waals surface area contributed by atoms with Gasteiger partial charge in [0.25, 0.3) is 0 Å². The maximum absolute atomic E-state index is 6.15. The summed E-state index contributed by atoms with van der Waals surface area (Å²) in [7, 11) is 0. The van der Waals surface area contributed by atoms with Gasteiger partial charge in [0.1, 0.15) is 0 Å². The third-order valence-electron chi connectivity index (χ3n) is 5.12. The first-order valence-electron chi connectivity index (χ1n) is 8.60. The van der Waals surface area contributed by atoms with E-state index >= 15 is 0 Å². The first-order chi connectivity index (χ1) is 10.1. The van der Waals surface area contributed by atoms with E-state index in [0.717, 1.165) is 6.54 Å². The number of hydrogen-bond acceptors (Lipinski definition) is 2. The third kappa shape index (κ3) is 3.67. The quantitative estimate of drug-likeness (QED) is 0.903. The van der Waals surface area contributed by atoms with Crippen LogP contribution in [0.2, 0.25) is 0 Å². The van der Waals surface area contributed by atoms with Crippen molar-refractivity contribution in [3.05, 3.63) is 34.4 Å². The molecule has 1 aromatic rings. The predicted molar refractivity (Wildman–Crippen MR) is 91.7 cm³/mol. The van der Waals surface area contributed by atoms with Gasteiger partial charge in [-0.3, -0.25) is 4.90 Å². The Morgan fingerprint density at radius 1 is 1.10 bits per heavy atom. The molecular weight excluding hydrogens is 256 g/mol. The van der Waals surface area contributed by atoms with Crippen molar-refractivity contribution in [2.45, 2.75) is 59.4 Å². The molecule has 0 aromatic heterocycles. The Hall–Kier alpha value is -0.860. The van der Waals surface area contributed by atoms with E-state index in [2.05, 4.69) is 44.7 Å². The van der Waals surface area contributed by atoms with E-state index in [1.54, 1.807) is 0 Å². The Balaban J connectivity index is 2.44. The fraction of sp³-hybridized carbons (Fsp3) is 0.684. The largest absolute Gasteiger partial charge is 0.330 e. The smallest absolute Gasteiger partial charge is 0.0391 e. The van der Waals surface area contributed by atoms with Crippen LogP contribution in [0.1, 0.15) is 60.9 Å². The summed E-state index contributed by atoms with van der Waals surface area (Å²) in [5.41, 5.74) is 11.9. The molecule has 1 aliphatic rings. The minimum Gasteiger partial charge on any atom is -0.330 e. The standard InChI is InChI=1S/C19H32N2/c1-5-9-21-10-7-6-8-17(13-20)19(21)18-12-15(3)14(2)11-16(18)4/h11-12,17,19H,5-10,13,20H2,1-4H3. The summed E-state index contributed by atoms with van der Waals surface area (Å²) in [5, 5.41) is 0. The number of nitrogens with two attached hydrogens (primary N) is 1. The summed E-state index contributed by atoms with van der Waals surface area (Å²) < 4.78 is 0. The minimum atomic E-state index is 0.511. The molecule has 0 aliphatic carbocycles. The molecule has 2 heteroatoms. The van der Waals surface area contributed by atoms with E-state index in [-0.39, 0.29) is 0 Å². The third-order valence-corrected chi connectivity index (χ3v) is 5.12. The maximum atomic E-state index is 6.15. The summed E-state index contributed by atoms with van der Waals surface area (Å²) in [5.74, 6) is 0.597. The molecule has 1 saturated heterocycles. The summed E-state index contributed by atoms with van der Waals surface area (Å²) in [6.07, 6.45) is 5.13. The van der Waals surface area contributed by atoms with Gasteiger partial charge in [0.05, 0.1) is 0 Å². The Labute approximate surface area is 130 Å². The lowest BCUT2D eigenvalue weighted by Gasteiger charge is -2.36. The molecule has 2 atom stereocenters. The number of benzene rings is 1. The van der Waals surface area contributed by atoms with Crippen LogP contribution < -0.4 is 5.73 Å². The number of aryl methyl sites for hydroxylation is 3. The summed E-state index contributed by atoms with van der Waals surface area (Å²) in [4.78, 5) is 2.70. The van der Waals surface area contributed by atoms with Crippen LogP contribution in [0.15, 0.2) is 12.1 Å². The maximum Gasteiger partial charge on any atom is 0.0391 e. The molecule has 0 amide bonds. The number of rotatable bonds is 4. The first kappa shape index (κ1) is 16.5. The molecule has 1 aromatic carbocycles. The molecule has 1 fully saturated rings. The molecule has 1 aliphatic heterocycles. The second-order valence-electron chi connectivity index (χ2n) is 6.77. The summed E-state index contributed by atoms with van der Waals surface area (Å²) in [6.45, 7) is 12.2. The Morgan fingerprint density at radius 3 is 2.48 bits per heavy atom. The molecular formula is C19H32N2. The Kier molecular flexibility index (Phi) is 5.83. The van der Waals surface area contributed by atoms with Gasteiger partial charge in [0.2, 0.25) is 0 Å². The lowest BCUT2D eigenvalue weighted by molar-refractivity contribution is 0.158. The van der Waals surface area contributed by atoms with Crippen molar-refractivity contribution >= 4 is 0 Å². The normalized spacial score (nSPS) is 24.0. The topological polar surface area (TPSA) is 29.3 Å². The van der Waals surface area contributed by atoms with Gasteiger partial charge in [-0.05, 0) is 87.8 Å². The number of nitrogens with zero attached hydrogens (tertiary/aromatic N) is 1. The molecule has 2 nitrogen and oxygen atoms in total. The SMILES string of the molecule is CCCN1CCCCC(CN)C1c1cc(C)c(C)cc1C. The zero-order chi connectivity index (χ0) is 15.4. The van der Waals surface area contributed by atoms with Crippen molar-refractivity contribution in [2.24, 2.45) is 11.7 Å². The van der Waals surface area contributed by atoms with Crippen LogP contribution in [0.3, 0.4) is 0 Å². The van der Waals surface area contributed by atoms with Gasteiger partial charge in [-0.25, -0.2) is 0 Å². The van der Waals surface area contributed by atoms with Crippen molar-refractivity contribution in [1.29, 1.82) is 0 Å². The number of hydrogen-bond donors (Lipinski definition) is 1. The van der Waals surface area contributed by atoms with Crippen LogP contribution in [0.25, 0.3) is 0 Å². The minimum absolute atomic E-state index is 0.511. The van der Waals surface area contributed by atoms with Gasteiger partial charge >= 0.3 is 0 Å². The predicted octanol–water partition coefficient (Wildman–Crippen LogP) is 4.12. The Morgan fingerprint density at radius 2 is 1.81 bits per heavy atom. The van der Waals surface area contributed by atoms with Gasteiger partial charge in [0.15, 0.2) is 0 Å². The van der Waals surface area contributed by atoms with Crippen molar-refractivity contribution < 1.29 is 0 Å². The van der Waals surface area contributed by atoms with Crippen LogP contribution in [-0.4, -0.2) is 24.5 Å². The lowest BCUT2D eigenvalue weighted by Crippen LogP contribution is -2.36. The van der Waals surface area contributed by atoms with Gasteiger partial charge in [0, 0.05) is 6.04 Å². The van der Waals surface area contributed by atoms with E-state index in [0.29, 0.717) is 12.0 Å². The van der Waals surface area contributed by atoms with E-state index in [1.165, 1.54) is 61.0 Å². The highest BCUT2D eigenvalue weighted by molar-refractivity contribution is 5.38. The van der Waals surface area contributed by atoms with Crippen LogP contribution in [0.5, 0.6) is 0 Å². The van der Waals surface area contributed by atoms with Gasteiger partial charge < -0.3 is 5.73 Å². The van der Waals surface area contributed by atoms with E-state index in [9.17, 15) is 0 Å². The van der Waals surface area contributed by atoms with Crippen molar-refractivity contribution in [2.75, 3.05) is 19.6 Å². The average molecular weight is 288 g/mol. The fourth-order valence-electron chi connectivity index (χ4n) is 3.85. The summed E-state index contributed by atoms with van der Waals surface area (Å²) >= 11 is 0. The zero-order valence-corrected chi connectivity index (χ0v) is 14.3. The highest BCUT2D eigenvalue weighted by Gasteiger charge is 2.30. The summed E-state index contributed by atoms with van der Waals surface area (Å²) in [6, 6.07) is 5.29. The highest BCUT2D eigenvalue weighted by atomic mass is 15.2. The van der Waals surface area contributed by atoms with Crippen molar-refractivity contribution in [1.82, 2.24) is 4.90 Å². The molecule has 2 N–H and O–H groups in total. The average Bonchev–Trinajstić information content (AvgIpc) is 2.65. The van der Waals surface area contributed by atoms with Crippen LogP contribution in [0, 0.1) is 26.7 Å². The van der Waals surface area contributed by atoms with E-state index in [4.69, 9.17) is 5.73 Å². The van der Waals surface area contributed by atoms with E-state index < -0.39 is 0 Å². The van der Waals surface area contributed by atoms with Gasteiger partial charge in [-0.2, -0.15) is 0 Å². The van der Waals surface area contributed by atoms with Gasteiger partial charge in [-0.15, -0.1) is 0 Å². The fourth-order valence-corrected chi connectivity index (χ4v) is 3.85. The molecule has 0 saturated carbocycles. The molecule has 0 spiro atoms. The molecule has 0 radical (unpaired) electrons. The zero-order valence-electron chi connectivity index (χ0n) is 14.3. The van der Waals surface area contributed by atoms with Crippen LogP contribution >= 0.6 is 0 Å². The van der Waals surface area contributed by atoms with E-state index in [1.807, 2.05) is 0 Å². The molecule has 0 bridgehead atoms. The molecule has 21 heavy (non-hydrogen) atoms. The lowest BCUT2D eigenvalue weighted by atomic mass is 9.85. The van der Waals surface area contributed by atoms with Crippen molar-refractivity contribution in [3.63, 3.8) is 0 Å². The molecule has 2 rings (SSSR count). The monoisotopic (exact) mass is 288 g/mol. The first-order valence-corrected chi connectivity index (χ1v) is 8.60. The van der Waals surface area contributed by atoms with Gasteiger partial charge in [-0.1, -0.05) is 25.5 Å². The molecule has 118 valence electrons. The van der Waals surface area contributed by atoms with Crippen molar-refractivity contribution in [3.8, 4) is 0 Å². The Bertz CT molecular complexity index is 467. The second-order valence-corrected chi connectivity index (χ2v) is 6.77. The molecule has 2 unspecified atom stereocenters. The highest BCUT2D eigenvalue weighted by Crippen LogP contribution is 2.37. The van der Waals surface area contributed by atoms with Crippen LogP contribution in [-0.2, 0) is 0 Å². The second kappa shape index (κ2) is 7.42. The number of likely N-dealkylation sites (tertiary alicyclic amines) is 1. The van der Waals surface area contributed by atoms with Crippen LogP contribution in [0.4, 0.5) is 0 Å².